The lowest BCUT2D eigenvalue weighted by molar-refractivity contribution is -0.133. The van der Waals surface area contributed by atoms with Crippen molar-refractivity contribution in [3.8, 4) is 0 Å². The molecule has 34 heavy (non-hydrogen) atoms. The number of nitrogens with one attached hydrogen (secondary N) is 1. The van der Waals surface area contributed by atoms with Crippen LogP contribution < -0.4 is 5.32 Å². The van der Waals surface area contributed by atoms with Crippen molar-refractivity contribution < 1.29 is 9.59 Å². The SMILES string of the molecule is C[C@@]1(C(=O)NCc2ccccc2)Cn2c(nc3ccccc32)C(=O)N1CCCc1ccccc1. The average molecular weight is 453 g/mol. The maximum atomic E-state index is 13.7. The van der Waals surface area contributed by atoms with Gasteiger partial charge in [-0.1, -0.05) is 72.8 Å². The Kier molecular flexibility index (Phi) is 5.88. The Labute approximate surface area is 199 Å². The molecule has 5 rings (SSSR count). The van der Waals surface area contributed by atoms with E-state index in [2.05, 4.69) is 22.4 Å². The summed E-state index contributed by atoms with van der Waals surface area (Å²) in [5.74, 6) is 0.0370. The molecule has 0 aliphatic carbocycles. The molecular weight excluding hydrogens is 424 g/mol. The zero-order valence-electron chi connectivity index (χ0n) is 19.3. The Morgan fingerprint density at radius 1 is 0.941 bits per heavy atom. The van der Waals surface area contributed by atoms with Gasteiger partial charge in [-0.2, -0.15) is 0 Å². The monoisotopic (exact) mass is 452 g/mol. The summed E-state index contributed by atoms with van der Waals surface area (Å²) in [5, 5.41) is 3.07. The summed E-state index contributed by atoms with van der Waals surface area (Å²) in [5.41, 5.74) is 2.85. The van der Waals surface area contributed by atoms with Crippen molar-refractivity contribution in [2.45, 2.75) is 38.4 Å². The quantitative estimate of drug-likeness (QED) is 0.457. The number of carbonyl (C=O) groups is 2. The molecule has 1 aromatic heterocycles. The van der Waals surface area contributed by atoms with Crippen LogP contribution in [0.4, 0.5) is 0 Å². The van der Waals surface area contributed by atoms with Crippen LogP contribution in [0.5, 0.6) is 0 Å². The Bertz CT molecular complexity index is 1320. The van der Waals surface area contributed by atoms with Gasteiger partial charge in [-0.25, -0.2) is 4.98 Å². The summed E-state index contributed by atoms with van der Waals surface area (Å²) in [4.78, 5) is 33.6. The number of benzene rings is 3. The van der Waals surface area contributed by atoms with Crippen LogP contribution in [0.15, 0.2) is 84.9 Å². The van der Waals surface area contributed by atoms with E-state index in [1.54, 1.807) is 4.90 Å². The first-order chi connectivity index (χ1) is 16.6. The second-order valence-corrected chi connectivity index (χ2v) is 9.00. The predicted molar refractivity (Wildman–Crippen MR) is 132 cm³/mol. The standard InChI is InChI=1S/C28H28N4O2/c1-28(27(34)29-19-22-13-6-3-7-14-22)20-31-24-17-9-8-16-23(24)30-25(31)26(33)32(28)18-10-15-21-11-4-2-5-12-21/h2-9,11-14,16-17H,10,15,18-20H2,1H3,(H,29,34)/t28-/m0/s1. The van der Waals surface area contributed by atoms with Crippen molar-refractivity contribution in [2.24, 2.45) is 0 Å². The number of fused-ring (bicyclic) bond motifs is 3. The summed E-state index contributed by atoms with van der Waals surface area (Å²) in [7, 11) is 0. The second kappa shape index (κ2) is 9.14. The van der Waals surface area contributed by atoms with Crippen LogP contribution in [-0.4, -0.2) is 38.3 Å². The maximum Gasteiger partial charge on any atom is 0.290 e. The van der Waals surface area contributed by atoms with Crippen LogP contribution in [0.2, 0.25) is 0 Å². The molecule has 1 aliphatic rings. The molecule has 3 aromatic carbocycles. The van der Waals surface area contributed by atoms with Gasteiger partial charge in [0.2, 0.25) is 5.91 Å². The van der Waals surface area contributed by atoms with Gasteiger partial charge in [-0.15, -0.1) is 0 Å². The van der Waals surface area contributed by atoms with Gasteiger partial charge in [0.25, 0.3) is 5.91 Å². The van der Waals surface area contributed by atoms with Crippen molar-refractivity contribution >= 4 is 22.8 Å². The van der Waals surface area contributed by atoms with E-state index in [-0.39, 0.29) is 11.8 Å². The van der Waals surface area contributed by atoms with E-state index in [1.807, 2.05) is 84.3 Å². The van der Waals surface area contributed by atoms with Gasteiger partial charge in [0.05, 0.1) is 17.6 Å². The van der Waals surface area contributed by atoms with Gasteiger partial charge in [-0.05, 0) is 43.0 Å². The molecule has 2 amide bonds. The summed E-state index contributed by atoms with van der Waals surface area (Å²) in [6.45, 7) is 3.12. The first kappa shape index (κ1) is 21.9. The first-order valence-corrected chi connectivity index (χ1v) is 11.7. The summed E-state index contributed by atoms with van der Waals surface area (Å²) in [6.07, 6.45) is 1.60. The lowest BCUT2D eigenvalue weighted by Crippen LogP contribution is -2.64. The highest BCUT2D eigenvalue weighted by molar-refractivity contribution is 6.01. The highest BCUT2D eigenvalue weighted by Gasteiger charge is 2.48. The predicted octanol–water partition coefficient (Wildman–Crippen LogP) is 4.20. The maximum absolute atomic E-state index is 13.7. The Balaban J connectivity index is 1.43. The van der Waals surface area contributed by atoms with Crippen molar-refractivity contribution in [3.05, 3.63) is 102 Å². The molecule has 6 nitrogen and oxygen atoms in total. The molecule has 0 unspecified atom stereocenters. The number of aryl methyl sites for hydroxylation is 1. The number of nitrogens with zero attached hydrogens (tertiary/aromatic N) is 3. The largest absolute Gasteiger partial charge is 0.350 e. The molecule has 0 spiro atoms. The number of hydrogen-bond donors (Lipinski definition) is 1. The average Bonchev–Trinajstić information content (AvgIpc) is 3.24. The van der Waals surface area contributed by atoms with Crippen LogP contribution in [0.25, 0.3) is 11.0 Å². The van der Waals surface area contributed by atoms with E-state index in [0.717, 1.165) is 29.4 Å². The van der Waals surface area contributed by atoms with Crippen LogP contribution in [0.1, 0.15) is 35.1 Å². The molecular formula is C28H28N4O2. The molecule has 1 N–H and O–H groups in total. The molecule has 4 aromatic rings. The molecule has 172 valence electrons. The number of imidazole rings is 1. The third-order valence-corrected chi connectivity index (χ3v) is 6.63. The van der Waals surface area contributed by atoms with Gasteiger partial charge < -0.3 is 14.8 Å². The molecule has 0 saturated carbocycles. The fourth-order valence-electron chi connectivity index (χ4n) is 4.73. The molecule has 1 atom stereocenters. The summed E-state index contributed by atoms with van der Waals surface area (Å²) < 4.78 is 1.90. The van der Waals surface area contributed by atoms with Crippen LogP contribution >= 0.6 is 0 Å². The van der Waals surface area contributed by atoms with E-state index in [0.29, 0.717) is 25.5 Å². The van der Waals surface area contributed by atoms with Crippen molar-refractivity contribution in [1.82, 2.24) is 19.8 Å². The van der Waals surface area contributed by atoms with Gasteiger partial charge in [0, 0.05) is 13.1 Å². The fourth-order valence-corrected chi connectivity index (χ4v) is 4.73. The van der Waals surface area contributed by atoms with E-state index < -0.39 is 5.54 Å². The Hall–Kier alpha value is -3.93. The smallest absolute Gasteiger partial charge is 0.290 e. The minimum atomic E-state index is -1.03. The second-order valence-electron chi connectivity index (χ2n) is 9.00. The molecule has 0 bridgehead atoms. The highest BCUT2D eigenvalue weighted by atomic mass is 16.2. The molecule has 6 heteroatoms. The number of carbonyl (C=O) groups excluding carboxylic acids is 2. The van der Waals surface area contributed by atoms with Gasteiger partial charge in [0.1, 0.15) is 5.54 Å². The molecule has 0 fully saturated rings. The minimum absolute atomic E-state index is 0.159. The Morgan fingerprint density at radius 3 is 2.32 bits per heavy atom. The highest BCUT2D eigenvalue weighted by Crippen LogP contribution is 2.31. The van der Waals surface area contributed by atoms with E-state index in [4.69, 9.17) is 0 Å². The number of para-hydroxylation sites is 2. The number of hydrogen-bond acceptors (Lipinski definition) is 3. The van der Waals surface area contributed by atoms with Crippen LogP contribution in [-0.2, 0) is 24.3 Å². The summed E-state index contributed by atoms with van der Waals surface area (Å²) in [6, 6.07) is 27.7. The zero-order chi connectivity index (χ0) is 23.5. The number of amides is 2. The van der Waals surface area contributed by atoms with Gasteiger partial charge in [0.15, 0.2) is 5.82 Å². The van der Waals surface area contributed by atoms with Gasteiger partial charge >= 0.3 is 0 Å². The molecule has 0 radical (unpaired) electrons. The molecule has 2 heterocycles. The van der Waals surface area contributed by atoms with E-state index >= 15 is 0 Å². The number of rotatable bonds is 7. The minimum Gasteiger partial charge on any atom is -0.350 e. The molecule has 0 saturated heterocycles. The third kappa shape index (κ3) is 4.07. The third-order valence-electron chi connectivity index (χ3n) is 6.63. The van der Waals surface area contributed by atoms with Crippen molar-refractivity contribution in [1.29, 1.82) is 0 Å². The van der Waals surface area contributed by atoms with Crippen LogP contribution in [0, 0.1) is 0 Å². The van der Waals surface area contributed by atoms with E-state index in [9.17, 15) is 9.59 Å². The lowest BCUT2D eigenvalue weighted by atomic mass is 9.94. The number of aromatic nitrogens is 2. The Morgan fingerprint density at radius 2 is 1.59 bits per heavy atom. The van der Waals surface area contributed by atoms with Gasteiger partial charge in [-0.3, -0.25) is 9.59 Å². The first-order valence-electron chi connectivity index (χ1n) is 11.7. The van der Waals surface area contributed by atoms with Crippen molar-refractivity contribution in [3.63, 3.8) is 0 Å². The van der Waals surface area contributed by atoms with Crippen molar-refractivity contribution in [2.75, 3.05) is 6.54 Å². The topological polar surface area (TPSA) is 67.2 Å². The van der Waals surface area contributed by atoms with E-state index in [1.165, 1.54) is 5.56 Å². The summed E-state index contributed by atoms with van der Waals surface area (Å²) >= 11 is 0. The zero-order valence-corrected chi connectivity index (χ0v) is 19.3. The molecule has 1 aliphatic heterocycles. The normalized spacial score (nSPS) is 17.6. The fraction of sp³-hybridized carbons (Fsp3) is 0.250. The lowest BCUT2D eigenvalue weighted by Gasteiger charge is -2.43. The van der Waals surface area contributed by atoms with Crippen LogP contribution in [0.3, 0.4) is 0 Å².